The summed E-state index contributed by atoms with van der Waals surface area (Å²) in [5.41, 5.74) is 1.37. The van der Waals surface area contributed by atoms with E-state index in [1.165, 1.54) is 6.20 Å². The van der Waals surface area contributed by atoms with Gasteiger partial charge in [0.15, 0.2) is 0 Å². The number of carbonyl (C=O) groups excluding carboxylic acids is 3. The molecule has 1 fully saturated rings. The van der Waals surface area contributed by atoms with Crippen molar-refractivity contribution >= 4 is 18.0 Å². The third-order valence-electron chi connectivity index (χ3n) is 5.65. The van der Waals surface area contributed by atoms with Crippen molar-refractivity contribution in [1.29, 1.82) is 0 Å². The van der Waals surface area contributed by atoms with E-state index in [2.05, 4.69) is 5.10 Å². The van der Waals surface area contributed by atoms with Gasteiger partial charge in [-0.1, -0.05) is 30.3 Å². The number of aromatic nitrogens is 2. The van der Waals surface area contributed by atoms with Crippen LogP contribution in [0, 0.1) is 0 Å². The number of esters is 2. The molecular formula is C26H35N3O6. The van der Waals surface area contributed by atoms with E-state index < -0.39 is 11.6 Å². The molecule has 9 heteroatoms. The molecule has 0 N–H and O–H groups in total. The van der Waals surface area contributed by atoms with Crippen LogP contribution in [0.2, 0.25) is 0 Å². The Kier molecular flexibility index (Phi) is 8.89. The molecule has 1 aromatic carbocycles. The second kappa shape index (κ2) is 11.9. The Hall–Kier alpha value is -3.36. The molecule has 0 saturated carbocycles. The quantitative estimate of drug-likeness (QED) is 0.406. The SMILES string of the molecule is CCOC(=O)c1cnn(C2CCN(C(=O)OCc3ccccc3)CC2)c1CCC(=O)OC(C)(C)C. The van der Waals surface area contributed by atoms with Crippen molar-refractivity contribution in [2.24, 2.45) is 0 Å². The largest absolute Gasteiger partial charge is 0.462 e. The summed E-state index contributed by atoms with van der Waals surface area (Å²) in [5.74, 6) is -0.795. The summed E-state index contributed by atoms with van der Waals surface area (Å²) in [6.45, 7) is 8.70. The number of rotatable bonds is 8. The van der Waals surface area contributed by atoms with Crippen LogP contribution in [0.1, 0.15) is 74.6 Å². The summed E-state index contributed by atoms with van der Waals surface area (Å²) in [6.07, 6.45) is 2.91. The fourth-order valence-corrected chi connectivity index (χ4v) is 4.05. The lowest BCUT2D eigenvalue weighted by Crippen LogP contribution is -2.39. The van der Waals surface area contributed by atoms with Crippen molar-refractivity contribution in [2.45, 2.75) is 71.6 Å². The Morgan fingerprint density at radius 1 is 1.06 bits per heavy atom. The minimum Gasteiger partial charge on any atom is -0.462 e. The van der Waals surface area contributed by atoms with Gasteiger partial charge in [0.2, 0.25) is 0 Å². The van der Waals surface area contributed by atoms with Crippen LogP contribution in [0.4, 0.5) is 4.79 Å². The molecule has 35 heavy (non-hydrogen) atoms. The maximum atomic E-state index is 12.5. The Balaban J connectivity index is 1.63. The predicted octanol–water partition coefficient (Wildman–Crippen LogP) is 4.31. The molecule has 0 radical (unpaired) electrons. The van der Waals surface area contributed by atoms with Gasteiger partial charge < -0.3 is 19.1 Å². The van der Waals surface area contributed by atoms with Crippen molar-refractivity contribution in [2.75, 3.05) is 19.7 Å². The van der Waals surface area contributed by atoms with Gasteiger partial charge in [0.25, 0.3) is 0 Å². The van der Waals surface area contributed by atoms with Gasteiger partial charge in [0.05, 0.1) is 31.0 Å². The first-order valence-electron chi connectivity index (χ1n) is 12.1. The molecule has 1 amide bonds. The molecule has 1 aromatic heterocycles. The second-order valence-electron chi connectivity index (χ2n) is 9.51. The van der Waals surface area contributed by atoms with E-state index in [1.54, 1.807) is 11.8 Å². The third kappa shape index (κ3) is 7.56. The maximum Gasteiger partial charge on any atom is 0.410 e. The molecular weight excluding hydrogens is 450 g/mol. The monoisotopic (exact) mass is 485 g/mol. The fourth-order valence-electron chi connectivity index (χ4n) is 4.05. The molecule has 0 bridgehead atoms. The van der Waals surface area contributed by atoms with E-state index in [0.29, 0.717) is 43.6 Å². The first kappa shape index (κ1) is 26.2. The van der Waals surface area contributed by atoms with Crippen LogP contribution in [0.5, 0.6) is 0 Å². The van der Waals surface area contributed by atoms with Gasteiger partial charge in [-0.3, -0.25) is 9.48 Å². The number of nitrogens with zero attached hydrogens (tertiary/aromatic N) is 3. The molecule has 0 atom stereocenters. The van der Waals surface area contributed by atoms with Crippen LogP contribution in [-0.2, 0) is 32.0 Å². The lowest BCUT2D eigenvalue weighted by molar-refractivity contribution is -0.154. The number of amides is 1. The second-order valence-corrected chi connectivity index (χ2v) is 9.51. The minimum atomic E-state index is -0.580. The molecule has 2 heterocycles. The van der Waals surface area contributed by atoms with E-state index in [4.69, 9.17) is 14.2 Å². The highest BCUT2D eigenvalue weighted by Gasteiger charge is 2.29. The average Bonchev–Trinajstić information content (AvgIpc) is 3.25. The van der Waals surface area contributed by atoms with E-state index in [9.17, 15) is 14.4 Å². The van der Waals surface area contributed by atoms with Crippen LogP contribution < -0.4 is 0 Å². The molecule has 190 valence electrons. The minimum absolute atomic E-state index is 0.00927. The zero-order valence-electron chi connectivity index (χ0n) is 21.0. The van der Waals surface area contributed by atoms with Gasteiger partial charge in [-0.2, -0.15) is 5.10 Å². The highest BCUT2D eigenvalue weighted by Crippen LogP contribution is 2.27. The summed E-state index contributed by atoms with van der Waals surface area (Å²) in [7, 11) is 0. The summed E-state index contributed by atoms with van der Waals surface area (Å²) >= 11 is 0. The summed E-state index contributed by atoms with van der Waals surface area (Å²) < 4.78 is 17.9. The Labute approximate surface area is 206 Å². The number of ether oxygens (including phenoxy) is 3. The molecule has 0 aliphatic carbocycles. The van der Waals surface area contributed by atoms with Crippen molar-refractivity contribution in [3.05, 3.63) is 53.3 Å². The average molecular weight is 486 g/mol. The Morgan fingerprint density at radius 2 is 1.74 bits per heavy atom. The molecule has 0 spiro atoms. The van der Waals surface area contributed by atoms with Crippen molar-refractivity contribution in [3.63, 3.8) is 0 Å². The van der Waals surface area contributed by atoms with Crippen molar-refractivity contribution in [3.8, 4) is 0 Å². The predicted molar refractivity (Wildman–Crippen MR) is 129 cm³/mol. The first-order chi connectivity index (χ1) is 16.7. The van der Waals surface area contributed by atoms with Crippen LogP contribution in [0.3, 0.4) is 0 Å². The number of likely N-dealkylation sites (tertiary alicyclic amines) is 1. The lowest BCUT2D eigenvalue weighted by Gasteiger charge is -2.32. The van der Waals surface area contributed by atoms with E-state index in [-0.39, 0.29) is 37.7 Å². The van der Waals surface area contributed by atoms with Crippen molar-refractivity contribution in [1.82, 2.24) is 14.7 Å². The molecule has 1 aliphatic heterocycles. The van der Waals surface area contributed by atoms with Crippen LogP contribution in [-0.4, -0.2) is 58.0 Å². The van der Waals surface area contributed by atoms with Crippen LogP contribution in [0.15, 0.2) is 36.5 Å². The number of carbonyl (C=O) groups is 3. The molecule has 1 aliphatic rings. The highest BCUT2D eigenvalue weighted by molar-refractivity contribution is 5.90. The maximum absolute atomic E-state index is 12.5. The van der Waals surface area contributed by atoms with Gasteiger partial charge in [-0.25, -0.2) is 9.59 Å². The summed E-state index contributed by atoms with van der Waals surface area (Å²) in [4.78, 5) is 39.0. The summed E-state index contributed by atoms with van der Waals surface area (Å²) in [6, 6.07) is 9.55. The lowest BCUT2D eigenvalue weighted by atomic mass is 10.0. The van der Waals surface area contributed by atoms with Gasteiger partial charge in [0.1, 0.15) is 17.8 Å². The van der Waals surface area contributed by atoms with Gasteiger partial charge in [0, 0.05) is 19.5 Å². The molecule has 1 saturated heterocycles. The van der Waals surface area contributed by atoms with Gasteiger partial charge >= 0.3 is 18.0 Å². The van der Waals surface area contributed by atoms with Gasteiger partial charge in [-0.05, 0) is 46.1 Å². The number of hydrogen-bond donors (Lipinski definition) is 0. The first-order valence-corrected chi connectivity index (χ1v) is 12.1. The number of hydrogen-bond acceptors (Lipinski definition) is 7. The zero-order valence-corrected chi connectivity index (χ0v) is 21.0. The summed E-state index contributed by atoms with van der Waals surface area (Å²) in [5, 5.41) is 4.47. The van der Waals surface area contributed by atoms with E-state index >= 15 is 0 Å². The standard InChI is InChI=1S/C26H35N3O6/c1-5-33-24(31)21-17-27-29(22(21)11-12-23(30)35-26(2,3)4)20-13-15-28(16-14-20)25(32)34-18-19-9-7-6-8-10-19/h6-10,17,20H,5,11-16,18H2,1-4H3. The number of benzene rings is 1. The Bertz CT molecular complexity index is 1000. The van der Waals surface area contributed by atoms with E-state index in [1.807, 2.05) is 55.8 Å². The zero-order chi connectivity index (χ0) is 25.4. The van der Waals surface area contributed by atoms with Crippen LogP contribution >= 0.6 is 0 Å². The number of piperidine rings is 1. The smallest absolute Gasteiger partial charge is 0.410 e. The van der Waals surface area contributed by atoms with Crippen molar-refractivity contribution < 1.29 is 28.6 Å². The third-order valence-corrected chi connectivity index (χ3v) is 5.65. The highest BCUT2D eigenvalue weighted by atomic mass is 16.6. The Morgan fingerprint density at radius 3 is 2.37 bits per heavy atom. The molecule has 0 unspecified atom stereocenters. The topological polar surface area (TPSA) is 100.0 Å². The molecule has 2 aromatic rings. The molecule has 3 rings (SSSR count). The van der Waals surface area contributed by atoms with Gasteiger partial charge in [-0.15, -0.1) is 0 Å². The molecule has 9 nitrogen and oxygen atoms in total. The fraction of sp³-hybridized carbons (Fsp3) is 0.538. The van der Waals surface area contributed by atoms with Crippen LogP contribution in [0.25, 0.3) is 0 Å². The normalized spacial score (nSPS) is 14.5. The van der Waals surface area contributed by atoms with E-state index in [0.717, 1.165) is 5.56 Å².